The number of hydrogen-bond acceptors (Lipinski definition) is 4. The number of aliphatic imine (C=N–C) groups is 1. The minimum absolute atomic E-state index is 0.131. The summed E-state index contributed by atoms with van der Waals surface area (Å²) in [6.07, 6.45) is 2.16. The lowest BCUT2D eigenvalue weighted by Crippen LogP contribution is -2.43. The van der Waals surface area contributed by atoms with E-state index in [0.29, 0.717) is 13.0 Å². The molecule has 0 bridgehead atoms. The number of carboxylic acid groups (broad SMARTS) is 1. The molecular formula is C28H33N5O4. The molecule has 0 aliphatic heterocycles. The lowest BCUT2D eigenvalue weighted by molar-refractivity contribution is -0.139. The predicted octanol–water partition coefficient (Wildman–Crippen LogP) is 2.76. The summed E-state index contributed by atoms with van der Waals surface area (Å²) in [6.45, 7) is 4.16. The van der Waals surface area contributed by atoms with Gasteiger partial charge < -0.3 is 26.0 Å². The van der Waals surface area contributed by atoms with Crippen LogP contribution in [-0.4, -0.2) is 46.1 Å². The van der Waals surface area contributed by atoms with E-state index in [1.807, 2.05) is 74.5 Å². The van der Waals surface area contributed by atoms with Gasteiger partial charge in [-0.15, -0.1) is 0 Å². The average molecular weight is 504 g/mol. The number of rotatable bonds is 11. The lowest BCUT2D eigenvalue weighted by Gasteiger charge is -2.22. The fourth-order valence-electron chi connectivity index (χ4n) is 4.00. The topological polar surface area (TPSA) is 139 Å². The molecule has 5 N–H and O–H groups in total. The molecule has 0 radical (unpaired) electrons. The number of aliphatic carboxylic acids is 1. The number of nitrogens with zero attached hydrogens (tertiary/aromatic N) is 2. The van der Waals surface area contributed by atoms with E-state index < -0.39 is 29.5 Å². The first-order valence-corrected chi connectivity index (χ1v) is 12.2. The van der Waals surface area contributed by atoms with Crippen molar-refractivity contribution in [3.05, 3.63) is 106 Å². The summed E-state index contributed by atoms with van der Waals surface area (Å²) in [6, 6.07) is 20.5. The van der Waals surface area contributed by atoms with E-state index >= 15 is 0 Å². The lowest BCUT2D eigenvalue weighted by atomic mass is 9.98. The minimum Gasteiger partial charge on any atom is -0.480 e. The highest BCUT2D eigenvalue weighted by molar-refractivity contribution is 5.96. The van der Waals surface area contributed by atoms with Gasteiger partial charge in [0.15, 0.2) is 5.96 Å². The van der Waals surface area contributed by atoms with Crippen molar-refractivity contribution in [2.24, 2.45) is 10.7 Å². The van der Waals surface area contributed by atoms with Gasteiger partial charge in [0, 0.05) is 18.8 Å². The van der Waals surface area contributed by atoms with Crippen LogP contribution in [0.4, 0.5) is 0 Å². The molecule has 0 unspecified atom stereocenters. The van der Waals surface area contributed by atoms with E-state index in [9.17, 15) is 19.5 Å². The number of guanidine groups is 1. The van der Waals surface area contributed by atoms with Crippen LogP contribution in [0.3, 0.4) is 0 Å². The van der Waals surface area contributed by atoms with Crippen LogP contribution >= 0.6 is 0 Å². The zero-order valence-electron chi connectivity index (χ0n) is 21.0. The summed E-state index contributed by atoms with van der Waals surface area (Å²) in [4.78, 5) is 42.5. The molecule has 0 fully saturated rings. The molecule has 3 aromatic rings. The van der Waals surface area contributed by atoms with E-state index in [4.69, 9.17) is 5.73 Å². The number of amides is 1. The number of carboxylic acids is 1. The number of nitrogens with two attached hydrogens (primary N) is 1. The molecule has 1 atom stereocenters. The van der Waals surface area contributed by atoms with Gasteiger partial charge in [0.05, 0.1) is 6.04 Å². The number of hydrogen-bond donors (Lipinski definition) is 4. The smallest absolute Gasteiger partial charge is 0.326 e. The maximum atomic E-state index is 13.5. The molecule has 1 aromatic heterocycles. The molecule has 9 nitrogen and oxygen atoms in total. The van der Waals surface area contributed by atoms with E-state index in [0.717, 1.165) is 11.1 Å². The van der Waals surface area contributed by atoms with E-state index in [-0.39, 0.29) is 24.0 Å². The second-order valence-corrected chi connectivity index (χ2v) is 8.93. The predicted molar refractivity (Wildman–Crippen MR) is 144 cm³/mol. The van der Waals surface area contributed by atoms with Gasteiger partial charge in [-0.25, -0.2) is 4.79 Å². The van der Waals surface area contributed by atoms with Crippen LogP contribution < -0.4 is 21.9 Å². The van der Waals surface area contributed by atoms with Gasteiger partial charge in [-0.3, -0.25) is 14.6 Å². The Kier molecular flexibility index (Phi) is 9.60. The summed E-state index contributed by atoms with van der Waals surface area (Å²) >= 11 is 0. The van der Waals surface area contributed by atoms with E-state index in [2.05, 4.69) is 15.6 Å². The van der Waals surface area contributed by atoms with E-state index in [1.54, 1.807) is 12.3 Å². The fraction of sp³-hybridized carbons (Fsp3) is 0.286. The van der Waals surface area contributed by atoms with Crippen LogP contribution in [0.15, 0.2) is 88.8 Å². The third-order valence-electron chi connectivity index (χ3n) is 5.70. The number of benzene rings is 2. The zero-order valence-corrected chi connectivity index (χ0v) is 21.0. The summed E-state index contributed by atoms with van der Waals surface area (Å²) in [7, 11) is 0. The first-order valence-electron chi connectivity index (χ1n) is 12.2. The number of carbonyl (C=O) groups is 2. The minimum atomic E-state index is -1.19. The Morgan fingerprint density at radius 1 is 0.946 bits per heavy atom. The summed E-state index contributed by atoms with van der Waals surface area (Å²) in [5.41, 5.74) is 6.87. The molecule has 3 rings (SSSR count). The van der Waals surface area contributed by atoms with Gasteiger partial charge in [0.2, 0.25) is 0 Å². The standard InChI is InChI=1S/C28H33N5O4/c1-19(2)31-28(29)30-17-9-16-23(27(36)37)32-25(34)22-15-10-18-33(26(22)35)24(20-11-5-3-6-12-20)21-13-7-4-8-14-21/h3-8,10-15,18-19,23-24H,9,16-17H2,1-2H3,(H,32,34)(H,36,37)(H3,29,30,31)/t23-/m0/s1. The van der Waals surface area contributed by atoms with Gasteiger partial charge in [0.1, 0.15) is 11.6 Å². The summed E-state index contributed by atoms with van der Waals surface area (Å²) in [5, 5.41) is 15.1. The highest BCUT2D eigenvalue weighted by Gasteiger charge is 2.24. The third kappa shape index (κ3) is 7.54. The monoisotopic (exact) mass is 503 g/mol. The van der Waals surface area contributed by atoms with Crippen molar-refractivity contribution < 1.29 is 14.7 Å². The summed E-state index contributed by atoms with van der Waals surface area (Å²) < 4.78 is 1.49. The van der Waals surface area contributed by atoms with Gasteiger partial charge in [-0.05, 0) is 49.9 Å². The molecule has 0 saturated heterocycles. The summed E-state index contributed by atoms with van der Waals surface area (Å²) in [5.74, 6) is -1.65. The van der Waals surface area contributed by atoms with Crippen LogP contribution in [0, 0.1) is 0 Å². The van der Waals surface area contributed by atoms with Crippen LogP contribution in [0.2, 0.25) is 0 Å². The van der Waals surface area contributed by atoms with Crippen molar-refractivity contribution >= 4 is 17.8 Å². The molecule has 37 heavy (non-hydrogen) atoms. The van der Waals surface area contributed by atoms with Gasteiger partial charge >= 0.3 is 5.97 Å². The Labute approximate surface area is 216 Å². The van der Waals surface area contributed by atoms with Crippen molar-refractivity contribution in [1.82, 2.24) is 15.2 Å². The third-order valence-corrected chi connectivity index (χ3v) is 5.70. The average Bonchev–Trinajstić information content (AvgIpc) is 2.87. The number of pyridine rings is 1. The SMILES string of the molecule is CC(C)NC(N)=NCCC[C@H](NC(=O)c1cccn(C(c2ccccc2)c2ccccc2)c1=O)C(=O)O. The molecule has 0 aliphatic carbocycles. The Hall–Kier alpha value is -4.40. The molecule has 9 heteroatoms. The molecule has 0 saturated carbocycles. The molecule has 194 valence electrons. The Balaban J connectivity index is 1.81. The van der Waals surface area contributed by atoms with Crippen LogP contribution in [0.1, 0.15) is 54.2 Å². The molecule has 0 aliphatic rings. The maximum Gasteiger partial charge on any atom is 0.326 e. The highest BCUT2D eigenvalue weighted by atomic mass is 16.4. The number of aromatic nitrogens is 1. The van der Waals surface area contributed by atoms with Crippen molar-refractivity contribution in [2.75, 3.05) is 6.54 Å². The molecular weight excluding hydrogens is 470 g/mol. The Morgan fingerprint density at radius 2 is 1.54 bits per heavy atom. The van der Waals surface area contributed by atoms with Crippen molar-refractivity contribution in [3.8, 4) is 0 Å². The molecule has 1 amide bonds. The van der Waals surface area contributed by atoms with Crippen LogP contribution in [0.25, 0.3) is 0 Å². The van der Waals surface area contributed by atoms with Gasteiger partial charge in [-0.2, -0.15) is 0 Å². The first kappa shape index (κ1) is 27.2. The molecule has 1 heterocycles. The van der Waals surface area contributed by atoms with Gasteiger partial charge in [-0.1, -0.05) is 60.7 Å². The fourth-order valence-corrected chi connectivity index (χ4v) is 4.00. The van der Waals surface area contributed by atoms with Crippen molar-refractivity contribution in [1.29, 1.82) is 0 Å². The first-order chi connectivity index (χ1) is 17.8. The van der Waals surface area contributed by atoms with Crippen LogP contribution in [0.5, 0.6) is 0 Å². The zero-order chi connectivity index (χ0) is 26.8. The Morgan fingerprint density at radius 3 is 2.08 bits per heavy atom. The Bertz CT molecular complexity index is 1230. The maximum absolute atomic E-state index is 13.5. The molecule has 2 aromatic carbocycles. The normalized spacial score (nSPS) is 12.4. The van der Waals surface area contributed by atoms with E-state index in [1.165, 1.54) is 10.6 Å². The highest BCUT2D eigenvalue weighted by Crippen LogP contribution is 2.25. The largest absolute Gasteiger partial charge is 0.480 e. The van der Waals surface area contributed by atoms with Crippen molar-refractivity contribution in [2.45, 2.75) is 44.8 Å². The second-order valence-electron chi connectivity index (χ2n) is 8.93. The van der Waals surface area contributed by atoms with Crippen molar-refractivity contribution in [3.63, 3.8) is 0 Å². The number of carbonyl (C=O) groups excluding carboxylic acids is 1. The second kappa shape index (κ2) is 13.1. The van der Waals surface area contributed by atoms with Crippen LogP contribution in [-0.2, 0) is 4.79 Å². The van der Waals surface area contributed by atoms with Gasteiger partial charge in [0.25, 0.3) is 11.5 Å². The molecule has 0 spiro atoms. The quantitative estimate of drug-likeness (QED) is 0.180. The number of nitrogens with one attached hydrogen (secondary N) is 2.